The fraction of sp³-hybridized carbons (Fsp3) is 0.235. The Bertz CT molecular complexity index is 1610. The van der Waals surface area contributed by atoms with Crippen molar-refractivity contribution in [1.29, 1.82) is 0 Å². The number of carboxylic acids is 1. The molecule has 1 fully saturated rings. The molecular formula is C34H31F3N2O5S. The standard InChI is InChI=1S/C34H31F3N2O5S/c35-34(36,37)24-9-17-28(18-10-24)45-39-33(19-3-4-20-33)22-43-25-13-15-27(16-14-25)44-26-11-7-23(8-12-26)21-31(40)38-30-6-2-1-5-29(30)32(41)42/h1-2,5-18,39H,3-4,19-22H2,(H,38,40)(H,41,42). The van der Waals surface area contributed by atoms with Crippen molar-refractivity contribution in [3.05, 3.63) is 114 Å². The number of aromatic carboxylic acids is 1. The lowest BCUT2D eigenvalue weighted by molar-refractivity contribution is -0.137. The number of rotatable bonds is 12. The van der Waals surface area contributed by atoms with Gasteiger partial charge in [-0.3, -0.25) is 9.52 Å². The molecule has 3 N–H and O–H groups in total. The number of hydrogen-bond acceptors (Lipinski definition) is 6. The van der Waals surface area contributed by atoms with Crippen molar-refractivity contribution in [3.8, 4) is 17.2 Å². The summed E-state index contributed by atoms with van der Waals surface area (Å²) in [7, 11) is 0. The van der Waals surface area contributed by atoms with E-state index in [9.17, 15) is 27.9 Å². The molecule has 1 saturated carbocycles. The molecule has 7 nitrogen and oxygen atoms in total. The van der Waals surface area contributed by atoms with Crippen LogP contribution in [0.5, 0.6) is 17.2 Å². The number of amides is 1. The molecule has 0 atom stereocenters. The first-order valence-corrected chi connectivity index (χ1v) is 15.1. The Morgan fingerprint density at radius 3 is 2.04 bits per heavy atom. The number of ether oxygens (including phenoxy) is 2. The molecule has 234 valence electrons. The van der Waals surface area contributed by atoms with Gasteiger partial charge in [-0.1, -0.05) is 37.1 Å². The van der Waals surface area contributed by atoms with E-state index in [1.165, 1.54) is 30.1 Å². The summed E-state index contributed by atoms with van der Waals surface area (Å²) in [5.41, 5.74) is 0.0477. The lowest BCUT2D eigenvalue weighted by Gasteiger charge is -2.29. The van der Waals surface area contributed by atoms with Gasteiger partial charge in [-0.15, -0.1) is 0 Å². The fourth-order valence-electron chi connectivity index (χ4n) is 5.00. The minimum atomic E-state index is -4.36. The fourth-order valence-corrected chi connectivity index (χ4v) is 5.87. The van der Waals surface area contributed by atoms with Crippen LogP contribution in [0.25, 0.3) is 0 Å². The zero-order valence-corrected chi connectivity index (χ0v) is 24.9. The Morgan fingerprint density at radius 2 is 1.42 bits per heavy atom. The molecule has 1 aliphatic rings. The average Bonchev–Trinajstić information content (AvgIpc) is 3.50. The lowest BCUT2D eigenvalue weighted by atomic mass is 10.0. The Balaban J connectivity index is 1.11. The molecule has 0 heterocycles. The van der Waals surface area contributed by atoms with Crippen molar-refractivity contribution in [3.63, 3.8) is 0 Å². The summed E-state index contributed by atoms with van der Waals surface area (Å²) < 4.78 is 54.1. The lowest BCUT2D eigenvalue weighted by Crippen LogP contribution is -2.44. The van der Waals surface area contributed by atoms with Gasteiger partial charge < -0.3 is 19.9 Å². The van der Waals surface area contributed by atoms with E-state index in [1.807, 2.05) is 12.1 Å². The third-order valence-corrected chi connectivity index (χ3v) is 8.46. The molecule has 1 amide bonds. The second kappa shape index (κ2) is 14.1. The highest BCUT2D eigenvalue weighted by Gasteiger charge is 2.35. The topological polar surface area (TPSA) is 96.9 Å². The molecule has 0 radical (unpaired) electrons. The first-order chi connectivity index (χ1) is 21.6. The van der Waals surface area contributed by atoms with Crippen LogP contribution in [0.3, 0.4) is 0 Å². The van der Waals surface area contributed by atoms with Crippen LogP contribution in [0.2, 0.25) is 0 Å². The number of alkyl halides is 3. The Morgan fingerprint density at radius 1 is 0.822 bits per heavy atom. The molecule has 0 aromatic heterocycles. The number of carbonyl (C=O) groups is 2. The molecule has 45 heavy (non-hydrogen) atoms. The van der Waals surface area contributed by atoms with E-state index >= 15 is 0 Å². The first kappa shape index (κ1) is 31.9. The van der Waals surface area contributed by atoms with Gasteiger partial charge in [0.2, 0.25) is 5.91 Å². The van der Waals surface area contributed by atoms with Crippen molar-refractivity contribution in [2.45, 2.75) is 48.7 Å². The van der Waals surface area contributed by atoms with Crippen molar-refractivity contribution in [2.75, 3.05) is 11.9 Å². The third-order valence-electron chi connectivity index (χ3n) is 7.42. The molecule has 5 rings (SSSR count). The van der Waals surface area contributed by atoms with E-state index in [1.54, 1.807) is 54.6 Å². The van der Waals surface area contributed by atoms with E-state index in [2.05, 4.69) is 10.0 Å². The molecule has 0 aliphatic heterocycles. The first-order valence-electron chi connectivity index (χ1n) is 14.3. The molecule has 4 aromatic carbocycles. The molecule has 1 aliphatic carbocycles. The summed E-state index contributed by atoms with van der Waals surface area (Å²) in [6.45, 7) is 0.414. The minimum absolute atomic E-state index is 0.0245. The number of halogens is 3. The zero-order valence-electron chi connectivity index (χ0n) is 24.1. The van der Waals surface area contributed by atoms with Crippen LogP contribution in [0.15, 0.2) is 102 Å². The Kier molecular flexibility index (Phi) is 9.99. The van der Waals surface area contributed by atoms with Gasteiger partial charge in [0.1, 0.15) is 23.9 Å². The number of carbonyl (C=O) groups excluding carboxylic acids is 1. The minimum Gasteiger partial charge on any atom is -0.492 e. The van der Waals surface area contributed by atoms with Crippen LogP contribution >= 0.6 is 11.9 Å². The van der Waals surface area contributed by atoms with Crippen LogP contribution in [0.1, 0.15) is 47.2 Å². The normalized spacial score (nSPS) is 14.1. The van der Waals surface area contributed by atoms with Crippen LogP contribution in [-0.2, 0) is 17.4 Å². The van der Waals surface area contributed by atoms with Gasteiger partial charge in [0.05, 0.1) is 28.8 Å². The predicted octanol–water partition coefficient (Wildman–Crippen LogP) is 8.37. The van der Waals surface area contributed by atoms with Crippen LogP contribution in [0, 0.1) is 0 Å². The summed E-state index contributed by atoms with van der Waals surface area (Å²) in [6, 6.07) is 25.6. The summed E-state index contributed by atoms with van der Waals surface area (Å²) >= 11 is 1.32. The number of nitrogens with one attached hydrogen (secondary N) is 2. The monoisotopic (exact) mass is 636 g/mol. The Labute approximate surface area is 262 Å². The van der Waals surface area contributed by atoms with Crippen LogP contribution in [-0.4, -0.2) is 29.1 Å². The number of carboxylic acid groups (broad SMARTS) is 1. The predicted molar refractivity (Wildman–Crippen MR) is 166 cm³/mol. The number of hydrogen-bond donors (Lipinski definition) is 3. The maximum Gasteiger partial charge on any atom is 0.416 e. The van der Waals surface area contributed by atoms with Crippen molar-refractivity contribution >= 4 is 29.5 Å². The second-order valence-corrected chi connectivity index (χ2v) is 11.7. The molecule has 11 heteroatoms. The SMILES string of the molecule is O=C(Cc1ccc(Oc2ccc(OCC3(NSc4ccc(C(F)(F)F)cc4)CCCC3)cc2)cc1)Nc1ccccc1C(=O)O. The van der Waals surface area contributed by atoms with Crippen molar-refractivity contribution < 1.29 is 37.3 Å². The molecule has 0 saturated heterocycles. The van der Waals surface area contributed by atoms with E-state index in [0.29, 0.717) is 28.8 Å². The third kappa shape index (κ3) is 8.80. The van der Waals surface area contributed by atoms with Gasteiger partial charge in [-0.05, 0) is 103 Å². The average molecular weight is 637 g/mol. The molecular weight excluding hydrogens is 605 g/mol. The molecule has 4 aromatic rings. The summed E-state index contributed by atoms with van der Waals surface area (Å²) in [5, 5.41) is 11.9. The summed E-state index contributed by atoms with van der Waals surface area (Å²) in [6.07, 6.45) is -0.412. The maximum absolute atomic E-state index is 12.9. The van der Waals surface area contributed by atoms with Crippen molar-refractivity contribution in [1.82, 2.24) is 4.72 Å². The van der Waals surface area contributed by atoms with E-state index < -0.39 is 17.7 Å². The summed E-state index contributed by atoms with van der Waals surface area (Å²) in [4.78, 5) is 24.5. The van der Waals surface area contributed by atoms with Gasteiger partial charge >= 0.3 is 12.1 Å². The smallest absolute Gasteiger partial charge is 0.416 e. The molecule has 0 unspecified atom stereocenters. The largest absolute Gasteiger partial charge is 0.492 e. The quantitative estimate of drug-likeness (QED) is 0.135. The highest BCUT2D eigenvalue weighted by Crippen LogP contribution is 2.35. The number of anilines is 1. The van der Waals surface area contributed by atoms with E-state index in [0.717, 1.165) is 43.4 Å². The van der Waals surface area contributed by atoms with Gasteiger partial charge in [-0.25, -0.2) is 4.79 Å². The number of para-hydroxylation sites is 1. The van der Waals surface area contributed by atoms with Crippen molar-refractivity contribution in [2.24, 2.45) is 0 Å². The number of benzene rings is 4. The highest BCUT2D eigenvalue weighted by molar-refractivity contribution is 7.97. The van der Waals surface area contributed by atoms with Crippen LogP contribution < -0.4 is 19.5 Å². The summed E-state index contributed by atoms with van der Waals surface area (Å²) in [5.74, 6) is 0.403. The van der Waals surface area contributed by atoms with Crippen LogP contribution in [0.4, 0.5) is 18.9 Å². The Hall–Kier alpha value is -4.48. The van der Waals surface area contributed by atoms with E-state index in [-0.39, 0.29) is 29.1 Å². The van der Waals surface area contributed by atoms with E-state index in [4.69, 9.17) is 9.47 Å². The van der Waals surface area contributed by atoms with Gasteiger partial charge in [0.15, 0.2) is 0 Å². The zero-order chi connectivity index (χ0) is 31.9. The highest BCUT2D eigenvalue weighted by atomic mass is 32.2. The second-order valence-electron chi connectivity index (χ2n) is 10.8. The van der Waals surface area contributed by atoms with Gasteiger partial charge in [0, 0.05) is 4.90 Å². The molecule has 0 spiro atoms. The van der Waals surface area contributed by atoms with Gasteiger partial charge in [-0.2, -0.15) is 13.2 Å². The molecule has 0 bridgehead atoms. The van der Waals surface area contributed by atoms with Gasteiger partial charge in [0.25, 0.3) is 0 Å². The maximum atomic E-state index is 12.9.